The predicted molar refractivity (Wildman–Crippen MR) is 71.3 cm³/mol. The first-order valence-electron chi connectivity index (χ1n) is 6.07. The summed E-state index contributed by atoms with van der Waals surface area (Å²) >= 11 is 0. The summed E-state index contributed by atoms with van der Waals surface area (Å²) in [5.41, 5.74) is 3.77. The van der Waals surface area contributed by atoms with E-state index in [-0.39, 0.29) is 0 Å². The highest BCUT2D eigenvalue weighted by Gasteiger charge is 2.01. The van der Waals surface area contributed by atoms with E-state index in [2.05, 4.69) is 44.3 Å². The Morgan fingerprint density at radius 3 is 2.41 bits per heavy atom. The van der Waals surface area contributed by atoms with Gasteiger partial charge >= 0.3 is 0 Å². The molecule has 17 heavy (non-hydrogen) atoms. The third-order valence-corrected chi connectivity index (χ3v) is 3.04. The highest BCUT2D eigenvalue weighted by atomic mass is 16.3. The number of rotatable bonds is 4. The molecule has 2 rings (SSSR count). The number of hydrogen-bond donors (Lipinski definition) is 1. The van der Waals surface area contributed by atoms with Gasteiger partial charge in [0.2, 0.25) is 0 Å². The lowest BCUT2D eigenvalue weighted by molar-refractivity contribution is 0.476. The molecule has 90 valence electrons. The fourth-order valence-electron chi connectivity index (χ4n) is 1.75. The van der Waals surface area contributed by atoms with Crippen molar-refractivity contribution in [3.8, 4) is 0 Å². The molecule has 0 unspecified atom stereocenters. The zero-order valence-electron chi connectivity index (χ0n) is 10.7. The van der Waals surface area contributed by atoms with Crippen LogP contribution in [-0.2, 0) is 13.0 Å². The van der Waals surface area contributed by atoms with Crippen LogP contribution in [0.15, 0.2) is 34.7 Å². The van der Waals surface area contributed by atoms with Crippen LogP contribution in [0, 0.1) is 13.8 Å². The van der Waals surface area contributed by atoms with Crippen molar-refractivity contribution < 1.29 is 4.42 Å². The topological polar surface area (TPSA) is 25.2 Å². The van der Waals surface area contributed by atoms with Gasteiger partial charge in [-0.25, -0.2) is 0 Å². The van der Waals surface area contributed by atoms with Crippen LogP contribution in [0.2, 0.25) is 0 Å². The maximum atomic E-state index is 5.65. The molecule has 2 aromatic rings. The number of aryl methyl sites for hydroxylation is 3. The van der Waals surface area contributed by atoms with E-state index < -0.39 is 0 Å². The van der Waals surface area contributed by atoms with Crippen molar-refractivity contribution in [2.24, 2.45) is 0 Å². The molecule has 0 saturated carbocycles. The van der Waals surface area contributed by atoms with Crippen molar-refractivity contribution in [1.82, 2.24) is 0 Å². The zero-order chi connectivity index (χ0) is 12.3. The Morgan fingerprint density at radius 1 is 1.00 bits per heavy atom. The Kier molecular flexibility index (Phi) is 3.52. The normalized spacial score (nSPS) is 10.5. The standard InChI is InChI=1S/C15H19NO/c1-4-14-7-8-15(17-14)10-16-13-6-5-11(2)12(3)9-13/h5-9,16H,4,10H2,1-3H3. The van der Waals surface area contributed by atoms with Gasteiger partial charge in [0.25, 0.3) is 0 Å². The van der Waals surface area contributed by atoms with Crippen molar-refractivity contribution >= 4 is 5.69 Å². The number of anilines is 1. The summed E-state index contributed by atoms with van der Waals surface area (Å²) < 4.78 is 5.65. The summed E-state index contributed by atoms with van der Waals surface area (Å²) in [7, 11) is 0. The molecular weight excluding hydrogens is 210 g/mol. The molecule has 0 aliphatic heterocycles. The van der Waals surface area contributed by atoms with Crippen LogP contribution in [0.25, 0.3) is 0 Å². The van der Waals surface area contributed by atoms with E-state index in [1.807, 2.05) is 12.1 Å². The first-order chi connectivity index (χ1) is 8.19. The first-order valence-corrected chi connectivity index (χ1v) is 6.07. The minimum Gasteiger partial charge on any atom is -0.464 e. The van der Waals surface area contributed by atoms with Gasteiger partial charge in [-0.05, 0) is 49.2 Å². The minimum atomic E-state index is 0.739. The lowest BCUT2D eigenvalue weighted by atomic mass is 10.1. The summed E-state index contributed by atoms with van der Waals surface area (Å²) in [5, 5.41) is 3.37. The van der Waals surface area contributed by atoms with Crippen molar-refractivity contribution in [3.63, 3.8) is 0 Å². The molecule has 2 heteroatoms. The Balaban J connectivity index is 1.99. The Hall–Kier alpha value is -1.70. The summed E-state index contributed by atoms with van der Waals surface area (Å²) in [4.78, 5) is 0. The average molecular weight is 229 g/mol. The van der Waals surface area contributed by atoms with Crippen LogP contribution in [-0.4, -0.2) is 0 Å². The van der Waals surface area contributed by atoms with E-state index in [9.17, 15) is 0 Å². The second kappa shape index (κ2) is 5.09. The van der Waals surface area contributed by atoms with Crippen LogP contribution in [0.5, 0.6) is 0 Å². The number of hydrogen-bond acceptors (Lipinski definition) is 2. The van der Waals surface area contributed by atoms with E-state index in [1.165, 1.54) is 11.1 Å². The lowest BCUT2D eigenvalue weighted by Crippen LogP contribution is -1.98. The highest BCUT2D eigenvalue weighted by molar-refractivity contribution is 5.48. The molecule has 1 heterocycles. The van der Waals surface area contributed by atoms with Crippen LogP contribution in [0.1, 0.15) is 29.6 Å². The summed E-state index contributed by atoms with van der Waals surface area (Å²) in [6, 6.07) is 10.5. The Bertz CT molecular complexity index is 499. The molecule has 0 bridgehead atoms. The van der Waals surface area contributed by atoms with Crippen molar-refractivity contribution in [2.75, 3.05) is 5.32 Å². The van der Waals surface area contributed by atoms with Crippen LogP contribution < -0.4 is 5.32 Å². The van der Waals surface area contributed by atoms with Gasteiger partial charge in [0.05, 0.1) is 6.54 Å². The van der Waals surface area contributed by atoms with E-state index in [0.29, 0.717) is 0 Å². The van der Waals surface area contributed by atoms with Gasteiger partial charge in [-0.2, -0.15) is 0 Å². The van der Waals surface area contributed by atoms with E-state index in [0.717, 1.165) is 30.2 Å². The molecule has 0 aliphatic carbocycles. The highest BCUT2D eigenvalue weighted by Crippen LogP contribution is 2.16. The molecule has 0 aliphatic rings. The van der Waals surface area contributed by atoms with Gasteiger partial charge in [-0.1, -0.05) is 13.0 Å². The minimum absolute atomic E-state index is 0.739. The van der Waals surface area contributed by atoms with Crippen molar-refractivity contribution in [2.45, 2.75) is 33.7 Å². The fraction of sp³-hybridized carbons (Fsp3) is 0.333. The summed E-state index contributed by atoms with van der Waals surface area (Å²) in [5.74, 6) is 2.03. The molecule has 2 nitrogen and oxygen atoms in total. The smallest absolute Gasteiger partial charge is 0.123 e. The quantitative estimate of drug-likeness (QED) is 0.854. The van der Waals surface area contributed by atoms with E-state index >= 15 is 0 Å². The SMILES string of the molecule is CCc1ccc(CNc2ccc(C)c(C)c2)o1. The molecule has 0 atom stereocenters. The Labute approximate surface area is 103 Å². The molecule has 0 saturated heterocycles. The maximum Gasteiger partial charge on any atom is 0.123 e. The van der Waals surface area contributed by atoms with Crippen LogP contribution >= 0.6 is 0 Å². The first kappa shape index (κ1) is 11.8. The largest absolute Gasteiger partial charge is 0.464 e. The van der Waals surface area contributed by atoms with Gasteiger partial charge in [-0.3, -0.25) is 0 Å². The third-order valence-electron chi connectivity index (χ3n) is 3.04. The number of nitrogens with one attached hydrogen (secondary N) is 1. The van der Waals surface area contributed by atoms with Crippen molar-refractivity contribution in [1.29, 1.82) is 0 Å². The van der Waals surface area contributed by atoms with Crippen LogP contribution in [0.3, 0.4) is 0 Å². The summed E-state index contributed by atoms with van der Waals surface area (Å²) in [6.07, 6.45) is 0.948. The molecule has 0 fully saturated rings. The maximum absolute atomic E-state index is 5.65. The molecule has 0 spiro atoms. The zero-order valence-corrected chi connectivity index (χ0v) is 10.7. The molecule has 1 N–H and O–H groups in total. The van der Waals surface area contributed by atoms with E-state index in [4.69, 9.17) is 4.42 Å². The predicted octanol–water partition coefficient (Wildman–Crippen LogP) is 4.07. The average Bonchev–Trinajstić information content (AvgIpc) is 2.79. The second-order valence-electron chi connectivity index (χ2n) is 4.37. The van der Waals surface area contributed by atoms with E-state index in [1.54, 1.807) is 0 Å². The van der Waals surface area contributed by atoms with Crippen LogP contribution in [0.4, 0.5) is 5.69 Å². The lowest BCUT2D eigenvalue weighted by Gasteiger charge is -2.07. The molecule has 1 aromatic heterocycles. The van der Waals surface area contributed by atoms with Crippen molar-refractivity contribution in [3.05, 3.63) is 53.0 Å². The van der Waals surface area contributed by atoms with Gasteiger partial charge in [0.15, 0.2) is 0 Å². The third kappa shape index (κ3) is 2.90. The number of furan rings is 1. The molecule has 0 radical (unpaired) electrons. The summed E-state index contributed by atoms with van der Waals surface area (Å²) in [6.45, 7) is 7.09. The molecule has 0 amide bonds. The van der Waals surface area contributed by atoms with Gasteiger partial charge in [-0.15, -0.1) is 0 Å². The number of benzene rings is 1. The molecule has 1 aromatic carbocycles. The molecular formula is C15H19NO. The Morgan fingerprint density at radius 2 is 1.76 bits per heavy atom. The fourth-order valence-corrected chi connectivity index (χ4v) is 1.75. The van der Waals surface area contributed by atoms with Gasteiger partial charge in [0.1, 0.15) is 11.5 Å². The van der Waals surface area contributed by atoms with Gasteiger partial charge < -0.3 is 9.73 Å². The second-order valence-corrected chi connectivity index (χ2v) is 4.37. The van der Waals surface area contributed by atoms with Gasteiger partial charge in [0, 0.05) is 12.1 Å². The monoisotopic (exact) mass is 229 g/mol.